The van der Waals surface area contributed by atoms with Crippen LogP contribution in [-0.4, -0.2) is 15.0 Å². The predicted octanol–water partition coefficient (Wildman–Crippen LogP) is 2.46. The summed E-state index contributed by atoms with van der Waals surface area (Å²) in [6.07, 6.45) is 0. The molecule has 0 spiro atoms. The lowest BCUT2D eigenvalue weighted by atomic mass is 10.0. The molecule has 0 saturated carbocycles. The van der Waals surface area contributed by atoms with E-state index in [0.717, 1.165) is 0 Å². The highest BCUT2D eigenvalue weighted by Gasteiger charge is 2.25. The molecule has 1 aromatic heterocycles. The fourth-order valence-electron chi connectivity index (χ4n) is 2.21. The molecule has 0 bridgehead atoms. The van der Waals surface area contributed by atoms with E-state index in [1.165, 1.54) is 48.5 Å². The number of rotatable bonds is 4. The summed E-state index contributed by atoms with van der Waals surface area (Å²) in [7, 11) is 0. The Morgan fingerprint density at radius 1 is 0.917 bits per heavy atom. The zero-order valence-electron chi connectivity index (χ0n) is 11.9. The van der Waals surface area contributed by atoms with Gasteiger partial charge in [-0.1, -0.05) is 12.1 Å². The van der Waals surface area contributed by atoms with Crippen LogP contribution in [0.4, 0.5) is 11.4 Å². The standard InChI is InChI=1S/C14H8N4O6/c19-16(20)11-5-1-3-9(7-11)13-14(18(23)24-15-13)10-4-2-6-12(8-10)17(21)22/h1-8H. The molecular weight excluding hydrogens is 320 g/mol. The van der Waals surface area contributed by atoms with Crippen LogP contribution in [0.1, 0.15) is 0 Å². The SMILES string of the molecule is O=[N+]([O-])c1cccc(-c2no[n+]([O-])c2-c2cccc([N+](=O)[O-])c2)c1. The van der Waals surface area contributed by atoms with Gasteiger partial charge in [0.25, 0.3) is 17.1 Å². The molecule has 10 nitrogen and oxygen atoms in total. The number of non-ortho nitro benzene ring substituents is 2. The van der Waals surface area contributed by atoms with Crippen molar-refractivity contribution in [2.45, 2.75) is 0 Å². The average molecular weight is 328 g/mol. The maximum Gasteiger partial charge on any atom is 0.270 e. The molecule has 0 fully saturated rings. The van der Waals surface area contributed by atoms with E-state index < -0.39 is 9.85 Å². The molecule has 0 unspecified atom stereocenters. The number of hydrogen-bond donors (Lipinski definition) is 0. The molecule has 0 atom stereocenters. The molecule has 0 N–H and O–H groups in total. The van der Waals surface area contributed by atoms with E-state index in [2.05, 4.69) is 9.79 Å². The Morgan fingerprint density at radius 3 is 2.04 bits per heavy atom. The summed E-state index contributed by atoms with van der Waals surface area (Å²) in [4.78, 5) is 20.7. The second-order valence-electron chi connectivity index (χ2n) is 4.74. The molecule has 0 saturated heterocycles. The van der Waals surface area contributed by atoms with Crippen molar-refractivity contribution in [1.29, 1.82) is 0 Å². The normalized spacial score (nSPS) is 10.5. The van der Waals surface area contributed by atoms with Crippen LogP contribution < -0.4 is 4.90 Å². The highest BCUT2D eigenvalue weighted by Crippen LogP contribution is 2.31. The van der Waals surface area contributed by atoms with Gasteiger partial charge in [0.15, 0.2) is 0 Å². The molecule has 2 aromatic carbocycles. The quantitative estimate of drug-likeness (QED) is 0.407. The van der Waals surface area contributed by atoms with Crippen molar-refractivity contribution in [1.82, 2.24) is 5.16 Å². The first kappa shape index (κ1) is 15.1. The van der Waals surface area contributed by atoms with Crippen LogP contribution >= 0.6 is 0 Å². The van der Waals surface area contributed by atoms with Crippen LogP contribution in [0.15, 0.2) is 53.2 Å². The summed E-state index contributed by atoms with van der Waals surface area (Å²) < 4.78 is 4.58. The Balaban J connectivity index is 2.17. The van der Waals surface area contributed by atoms with Crippen LogP contribution in [0.3, 0.4) is 0 Å². The number of benzene rings is 2. The molecular formula is C14H8N4O6. The molecule has 3 rings (SSSR count). The van der Waals surface area contributed by atoms with Crippen molar-refractivity contribution in [3.63, 3.8) is 0 Å². The van der Waals surface area contributed by atoms with Crippen LogP contribution in [0.5, 0.6) is 0 Å². The lowest BCUT2D eigenvalue weighted by Gasteiger charge is -2.00. The molecule has 0 aliphatic heterocycles. The Hall–Kier alpha value is -3.82. The van der Waals surface area contributed by atoms with Gasteiger partial charge in [-0.25, -0.2) is 0 Å². The Bertz CT molecular complexity index is 952. The van der Waals surface area contributed by atoms with Gasteiger partial charge in [-0.15, -0.1) is 0 Å². The minimum atomic E-state index is -0.598. The van der Waals surface area contributed by atoms with Gasteiger partial charge in [0.1, 0.15) is 0 Å². The molecule has 0 aliphatic carbocycles. The molecule has 3 aromatic rings. The number of hydrogen-bond acceptors (Lipinski definition) is 7. The van der Waals surface area contributed by atoms with Gasteiger partial charge < -0.3 is 5.21 Å². The number of nitrogens with zero attached hydrogens (tertiary/aromatic N) is 4. The molecule has 0 amide bonds. The van der Waals surface area contributed by atoms with Crippen molar-refractivity contribution in [2.75, 3.05) is 0 Å². The summed E-state index contributed by atoms with van der Waals surface area (Å²) in [5.41, 5.74) is 0.0797. The molecule has 0 radical (unpaired) electrons. The predicted molar refractivity (Wildman–Crippen MR) is 79.6 cm³/mol. The number of nitro groups is 2. The molecule has 24 heavy (non-hydrogen) atoms. The van der Waals surface area contributed by atoms with Crippen LogP contribution in [0.2, 0.25) is 0 Å². The highest BCUT2D eigenvalue weighted by molar-refractivity contribution is 5.77. The minimum absolute atomic E-state index is 0.0502. The average Bonchev–Trinajstić information content (AvgIpc) is 2.96. The third kappa shape index (κ3) is 2.63. The lowest BCUT2D eigenvalue weighted by molar-refractivity contribution is -0.793. The van der Waals surface area contributed by atoms with Gasteiger partial charge in [0.2, 0.25) is 5.69 Å². The minimum Gasteiger partial charge on any atom is -0.359 e. The van der Waals surface area contributed by atoms with E-state index in [9.17, 15) is 25.4 Å². The summed E-state index contributed by atoms with van der Waals surface area (Å²) in [5.74, 6) is 0. The number of aromatic nitrogens is 2. The Morgan fingerprint density at radius 2 is 1.46 bits per heavy atom. The van der Waals surface area contributed by atoms with E-state index in [1.54, 1.807) is 0 Å². The lowest BCUT2D eigenvalue weighted by Crippen LogP contribution is -2.25. The van der Waals surface area contributed by atoms with Crippen LogP contribution in [-0.2, 0) is 0 Å². The largest absolute Gasteiger partial charge is 0.359 e. The summed E-state index contributed by atoms with van der Waals surface area (Å²) in [5, 5.41) is 37.3. The Labute approximate surface area is 133 Å². The van der Waals surface area contributed by atoms with Gasteiger partial charge in [0.05, 0.1) is 9.85 Å². The molecule has 1 heterocycles. The second-order valence-corrected chi connectivity index (χ2v) is 4.74. The topological polar surface area (TPSA) is 139 Å². The van der Waals surface area contributed by atoms with Crippen molar-refractivity contribution in [3.8, 4) is 22.5 Å². The molecule has 10 heteroatoms. The van der Waals surface area contributed by atoms with E-state index in [1.807, 2.05) is 0 Å². The zero-order valence-corrected chi connectivity index (χ0v) is 11.9. The van der Waals surface area contributed by atoms with Crippen molar-refractivity contribution in [2.24, 2.45) is 0 Å². The van der Waals surface area contributed by atoms with Crippen LogP contribution in [0, 0.1) is 25.4 Å². The van der Waals surface area contributed by atoms with Gasteiger partial charge in [0, 0.05) is 40.5 Å². The van der Waals surface area contributed by atoms with Crippen molar-refractivity contribution < 1.29 is 19.4 Å². The molecule has 0 aliphatic rings. The highest BCUT2D eigenvalue weighted by atomic mass is 16.8. The third-order valence-electron chi connectivity index (χ3n) is 3.27. The van der Waals surface area contributed by atoms with Gasteiger partial charge in [-0.05, 0) is 17.0 Å². The summed E-state index contributed by atoms with van der Waals surface area (Å²) >= 11 is 0. The van der Waals surface area contributed by atoms with E-state index in [4.69, 9.17) is 0 Å². The van der Waals surface area contributed by atoms with E-state index in [-0.39, 0.29) is 38.8 Å². The smallest absolute Gasteiger partial charge is 0.270 e. The number of nitro benzene ring substituents is 2. The summed E-state index contributed by atoms with van der Waals surface area (Å²) in [6, 6.07) is 10.9. The maximum absolute atomic E-state index is 11.9. The monoisotopic (exact) mass is 328 g/mol. The first-order valence-corrected chi connectivity index (χ1v) is 6.57. The van der Waals surface area contributed by atoms with Crippen molar-refractivity contribution in [3.05, 3.63) is 74.0 Å². The third-order valence-corrected chi connectivity index (χ3v) is 3.27. The van der Waals surface area contributed by atoms with Crippen LogP contribution in [0.25, 0.3) is 22.5 Å². The van der Waals surface area contributed by atoms with Crippen molar-refractivity contribution >= 4 is 11.4 Å². The maximum atomic E-state index is 11.9. The van der Waals surface area contributed by atoms with Gasteiger partial charge in [-0.2, -0.15) is 0 Å². The fourth-order valence-corrected chi connectivity index (χ4v) is 2.21. The van der Waals surface area contributed by atoms with Gasteiger partial charge in [-0.3, -0.25) is 24.9 Å². The molecule has 120 valence electrons. The zero-order chi connectivity index (χ0) is 17.3. The first-order valence-electron chi connectivity index (χ1n) is 6.57. The van der Waals surface area contributed by atoms with E-state index in [0.29, 0.717) is 0 Å². The van der Waals surface area contributed by atoms with E-state index >= 15 is 0 Å². The second kappa shape index (κ2) is 5.76. The Kier molecular flexibility index (Phi) is 3.62. The summed E-state index contributed by atoms with van der Waals surface area (Å²) in [6.45, 7) is 0. The fraction of sp³-hybridized carbons (Fsp3) is 0. The first-order chi connectivity index (χ1) is 11.5. The van der Waals surface area contributed by atoms with Gasteiger partial charge >= 0.3 is 0 Å².